The van der Waals surface area contributed by atoms with Gasteiger partial charge in [-0.15, -0.1) is 0 Å². The molecule has 0 amide bonds. The summed E-state index contributed by atoms with van der Waals surface area (Å²) in [4.78, 5) is 14.1. The molecule has 2 aliphatic rings. The smallest absolute Gasteiger partial charge is 0.130 e. The van der Waals surface area contributed by atoms with Gasteiger partial charge >= 0.3 is 0 Å². The molecule has 0 spiro atoms. The Labute approximate surface area is 115 Å². The molecule has 3 rings (SSSR count). The number of rotatable bonds is 3. The number of nitrogens with zero attached hydrogens (tertiary/aromatic N) is 4. The minimum atomic E-state index is 0.413. The lowest BCUT2D eigenvalue weighted by molar-refractivity contribution is 0.0992. The summed E-state index contributed by atoms with van der Waals surface area (Å²) >= 11 is 0. The first kappa shape index (κ1) is 13.0. The van der Waals surface area contributed by atoms with Gasteiger partial charge in [0.2, 0.25) is 0 Å². The van der Waals surface area contributed by atoms with Gasteiger partial charge in [0.05, 0.1) is 0 Å². The lowest BCUT2D eigenvalue weighted by Gasteiger charge is -2.37. The molecule has 4 heteroatoms. The predicted molar refractivity (Wildman–Crippen MR) is 76.0 cm³/mol. The molecule has 19 heavy (non-hydrogen) atoms. The van der Waals surface area contributed by atoms with Gasteiger partial charge in [0.1, 0.15) is 5.82 Å². The molecule has 1 atom stereocenters. The van der Waals surface area contributed by atoms with Crippen LogP contribution in [-0.4, -0.2) is 52.0 Å². The lowest BCUT2D eigenvalue weighted by atomic mass is 10.1. The topological polar surface area (TPSA) is 32.3 Å². The van der Waals surface area contributed by atoms with Crippen molar-refractivity contribution < 1.29 is 0 Å². The first-order valence-electron chi connectivity index (χ1n) is 7.49. The monoisotopic (exact) mass is 260 g/mol. The first-order chi connectivity index (χ1) is 9.22. The van der Waals surface area contributed by atoms with Gasteiger partial charge < -0.3 is 0 Å². The average Bonchev–Trinajstić information content (AvgIpc) is 2.87. The molecule has 0 unspecified atom stereocenters. The summed E-state index contributed by atoms with van der Waals surface area (Å²) in [6.45, 7) is 10.2. The van der Waals surface area contributed by atoms with Gasteiger partial charge in [-0.2, -0.15) is 0 Å². The molecule has 0 aliphatic carbocycles. The quantitative estimate of drug-likeness (QED) is 0.830. The maximum atomic E-state index is 4.46. The Hall–Kier alpha value is -1.00. The van der Waals surface area contributed by atoms with Crippen molar-refractivity contribution in [3.8, 4) is 0 Å². The summed E-state index contributed by atoms with van der Waals surface area (Å²) in [7, 11) is 0. The third-order valence-corrected chi connectivity index (χ3v) is 4.32. The zero-order valence-corrected chi connectivity index (χ0v) is 12.0. The predicted octanol–water partition coefficient (Wildman–Crippen LogP) is 1.88. The Morgan fingerprint density at radius 3 is 2.74 bits per heavy atom. The SMILES string of the molecule is CC(C)c1ncc(CN2CCN3CCC[C@@H]3C2)cn1. The van der Waals surface area contributed by atoms with Crippen molar-refractivity contribution in [1.29, 1.82) is 0 Å². The second kappa shape index (κ2) is 5.55. The van der Waals surface area contributed by atoms with Crippen LogP contribution in [-0.2, 0) is 6.54 Å². The molecule has 1 aromatic rings. The van der Waals surface area contributed by atoms with E-state index >= 15 is 0 Å². The van der Waals surface area contributed by atoms with E-state index in [2.05, 4.69) is 33.6 Å². The van der Waals surface area contributed by atoms with Crippen LogP contribution in [0.5, 0.6) is 0 Å². The van der Waals surface area contributed by atoms with Gasteiger partial charge in [0, 0.05) is 56.1 Å². The van der Waals surface area contributed by atoms with Gasteiger partial charge in [-0.3, -0.25) is 9.80 Å². The Balaban J connectivity index is 1.59. The average molecular weight is 260 g/mol. The molecule has 104 valence electrons. The van der Waals surface area contributed by atoms with Crippen LogP contribution in [0.15, 0.2) is 12.4 Å². The van der Waals surface area contributed by atoms with E-state index in [1.165, 1.54) is 44.6 Å². The number of piperazine rings is 1. The molecule has 3 heterocycles. The molecule has 0 bridgehead atoms. The molecule has 0 N–H and O–H groups in total. The van der Waals surface area contributed by atoms with Crippen LogP contribution >= 0.6 is 0 Å². The summed E-state index contributed by atoms with van der Waals surface area (Å²) in [5.41, 5.74) is 1.25. The zero-order valence-electron chi connectivity index (χ0n) is 12.0. The second-order valence-corrected chi connectivity index (χ2v) is 6.17. The minimum absolute atomic E-state index is 0.413. The fraction of sp³-hybridized carbons (Fsp3) is 0.733. The third kappa shape index (κ3) is 2.95. The van der Waals surface area contributed by atoms with Crippen molar-refractivity contribution in [3.05, 3.63) is 23.8 Å². The van der Waals surface area contributed by atoms with Crippen LogP contribution < -0.4 is 0 Å². The van der Waals surface area contributed by atoms with E-state index in [1.807, 2.05) is 12.4 Å². The van der Waals surface area contributed by atoms with E-state index in [9.17, 15) is 0 Å². The maximum Gasteiger partial charge on any atom is 0.130 e. The van der Waals surface area contributed by atoms with Crippen LogP contribution in [0.3, 0.4) is 0 Å². The number of aromatic nitrogens is 2. The minimum Gasteiger partial charge on any atom is -0.298 e. The highest BCUT2D eigenvalue weighted by Crippen LogP contribution is 2.22. The van der Waals surface area contributed by atoms with E-state index in [0.717, 1.165) is 18.4 Å². The van der Waals surface area contributed by atoms with Crippen LogP contribution in [0.25, 0.3) is 0 Å². The fourth-order valence-electron chi connectivity index (χ4n) is 3.20. The standard InChI is InChI=1S/C15H24N4/c1-12(2)15-16-8-13(9-17-15)10-18-6-7-19-5-3-4-14(19)11-18/h8-9,12,14H,3-7,10-11H2,1-2H3/t14-/m1/s1. The zero-order chi connectivity index (χ0) is 13.2. The van der Waals surface area contributed by atoms with Crippen LogP contribution in [0.2, 0.25) is 0 Å². The van der Waals surface area contributed by atoms with E-state index in [0.29, 0.717) is 5.92 Å². The highest BCUT2D eigenvalue weighted by atomic mass is 15.3. The molecule has 0 radical (unpaired) electrons. The van der Waals surface area contributed by atoms with Crippen molar-refractivity contribution >= 4 is 0 Å². The number of hydrogen-bond acceptors (Lipinski definition) is 4. The number of fused-ring (bicyclic) bond motifs is 1. The molecule has 0 aromatic carbocycles. The molecular formula is C15H24N4. The molecule has 4 nitrogen and oxygen atoms in total. The van der Waals surface area contributed by atoms with Crippen molar-refractivity contribution in [2.24, 2.45) is 0 Å². The van der Waals surface area contributed by atoms with Crippen molar-refractivity contribution in [3.63, 3.8) is 0 Å². The largest absolute Gasteiger partial charge is 0.298 e. The summed E-state index contributed by atoms with van der Waals surface area (Å²) in [5.74, 6) is 1.36. The summed E-state index contributed by atoms with van der Waals surface area (Å²) in [6.07, 6.45) is 6.76. The second-order valence-electron chi connectivity index (χ2n) is 6.17. The van der Waals surface area contributed by atoms with Gasteiger partial charge in [0.25, 0.3) is 0 Å². The Morgan fingerprint density at radius 2 is 2.00 bits per heavy atom. The molecular weight excluding hydrogens is 236 g/mol. The third-order valence-electron chi connectivity index (χ3n) is 4.32. The normalized spacial score (nSPS) is 24.9. The maximum absolute atomic E-state index is 4.46. The van der Waals surface area contributed by atoms with Crippen LogP contribution in [0, 0.1) is 0 Å². The fourth-order valence-corrected chi connectivity index (χ4v) is 3.20. The number of hydrogen-bond donors (Lipinski definition) is 0. The Bertz CT molecular complexity index is 415. The summed E-state index contributed by atoms with van der Waals surface area (Å²) in [5, 5.41) is 0. The first-order valence-corrected chi connectivity index (χ1v) is 7.49. The Morgan fingerprint density at radius 1 is 1.21 bits per heavy atom. The lowest BCUT2D eigenvalue weighted by Crippen LogP contribution is -2.49. The molecule has 0 saturated carbocycles. The van der Waals surface area contributed by atoms with E-state index in [-0.39, 0.29) is 0 Å². The molecule has 2 aliphatic heterocycles. The molecule has 1 aromatic heterocycles. The van der Waals surface area contributed by atoms with Crippen LogP contribution in [0.4, 0.5) is 0 Å². The van der Waals surface area contributed by atoms with Crippen LogP contribution in [0.1, 0.15) is 44.0 Å². The molecule has 2 fully saturated rings. The summed E-state index contributed by atoms with van der Waals surface area (Å²) < 4.78 is 0. The van der Waals surface area contributed by atoms with Gasteiger partial charge in [-0.05, 0) is 19.4 Å². The van der Waals surface area contributed by atoms with Gasteiger partial charge in [-0.25, -0.2) is 9.97 Å². The van der Waals surface area contributed by atoms with Crippen molar-refractivity contribution in [2.45, 2.75) is 45.2 Å². The highest BCUT2D eigenvalue weighted by Gasteiger charge is 2.30. The Kier molecular flexibility index (Phi) is 3.80. The van der Waals surface area contributed by atoms with Crippen molar-refractivity contribution in [1.82, 2.24) is 19.8 Å². The van der Waals surface area contributed by atoms with Gasteiger partial charge in [-0.1, -0.05) is 13.8 Å². The van der Waals surface area contributed by atoms with Gasteiger partial charge in [0.15, 0.2) is 0 Å². The summed E-state index contributed by atoms with van der Waals surface area (Å²) in [6, 6.07) is 0.796. The van der Waals surface area contributed by atoms with E-state index in [1.54, 1.807) is 0 Å². The van der Waals surface area contributed by atoms with E-state index in [4.69, 9.17) is 0 Å². The van der Waals surface area contributed by atoms with Crippen molar-refractivity contribution in [2.75, 3.05) is 26.2 Å². The highest BCUT2D eigenvalue weighted by molar-refractivity contribution is 5.07. The molecule has 2 saturated heterocycles. The van der Waals surface area contributed by atoms with E-state index < -0.39 is 0 Å².